The van der Waals surface area contributed by atoms with Crippen molar-refractivity contribution in [1.29, 1.82) is 0 Å². The van der Waals surface area contributed by atoms with E-state index in [0.717, 1.165) is 5.69 Å². The van der Waals surface area contributed by atoms with E-state index in [0.29, 0.717) is 5.88 Å². The molecule has 0 N–H and O–H groups in total. The molecule has 4 heterocycles. The molecule has 0 spiro atoms. The van der Waals surface area contributed by atoms with E-state index in [-0.39, 0.29) is 0 Å². The number of thiophene rings is 2. The first-order chi connectivity index (χ1) is 13.2. The molecule has 0 aliphatic rings. The minimum absolute atomic E-state index is 0.650. The molecule has 0 fully saturated rings. The molecule has 132 valence electrons. The Morgan fingerprint density at radius 2 is 1.30 bits per heavy atom. The molecule has 4 aromatic heterocycles. The van der Waals surface area contributed by atoms with Crippen molar-refractivity contribution in [3.8, 4) is 26.8 Å². The average molecular weight is 389 g/mol. The quantitative estimate of drug-likeness (QED) is 0.351. The van der Waals surface area contributed by atoms with E-state index in [9.17, 15) is 0 Å². The van der Waals surface area contributed by atoms with E-state index in [1.54, 1.807) is 29.8 Å². The number of hydrogen-bond acceptors (Lipinski definition) is 5. The molecule has 5 heteroatoms. The lowest BCUT2D eigenvalue weighted by Crippen LogP contribution is -1.84. The fraction of sp³-hybridized carbons (Fsp3) is 0.0909. The fourth-order valence-corrected chi connectivity index (χ4v) is 5.21. The summed E-state index contributed by atoms with van der Waals surface area (Å²) < 4.78 is 7.62. The van der Waals surface area contributed by atoms with Gasteiger partial charge in [0.1, 0.15) is 0 Å². The summed E-state index contributed by atoms with van der Waals surface area (Å²) in [6.45, 7) is 2.03. The number of aryl methyl sites for hydroxylation is 1. The van der Waals surface area contributed by atoms with Gasteiger partial charge < -0.3 is 4.74 Å². The van der Waals surface area contributed by atoms with E-state index >= 15 is 0 Å². The first-order valence-electron chi connectivity index (χ1n) is 8.60. The number of nitrogens with zero attached hydrogens (tertiary/aromatic N) is 2. The molecule has 0 amide bonds. The third kappa shape index (κ3) is 2.99. The van der Waals surface area contributed by atoms with Crippen LogP contribution in [0.1, 0.15) is 5.69 Å². The molecule has 0 aliphatic heterocycles. The van der Waals surface area contributed by atoms with Crippen LogP contribution in [0.15, 0.2) is 60.9 Å². The van der Waals surface area contributed by atoms with Crippen molar-refractivity contribution in [3.05, 3.63) is 66.6 Å². The van der Waals surface area contributed by atoms with Crippen LogP contribution in [0.25, 0.3) is 41.1 Å². The van der Waals surface area contributed by atoms with Crippen molar-refractivity contribution in [1.82, 2.24) is 9.97 Å². The molecular weight excluding hydrogens is 372 g/mol. The Morgan fingerprint density at radius 3 is 1.89 bits per heavy atom. The minimum atomic E-state index is 0.650. The van der Waals surface area contributed by atoms with E-state index in [4.69, 9.17) is 4.74 Å². The molecule has 0 atom stereocenters. The summed E-state index contributed by atoms with van der Waals surface area (Å²) >= 11 is 3.54. The number of ether oxygens (including phenoxy) is 1. The highest BCUT2D eigenvalue weighted by Gasteiger charge is 2.08. The number of pyridine rings is 2. The predicted octanol–water partition coefficient (Wildman–Crippen LogP) is 6.56. The Labute approximate surface area is 164 Å². The number of benzene rings is 1. The topological polar surface area (TPSA) is 35.0 Å². The molecule has 0 radical (unpaired) electrons. The summed E-state index contributed by atoms with van der Waals surface area (Å²) in [5.74, 6) is 0.650. The molecule has 0 unspecified atom stereocenters. The lowest BCUT2D eigenvalue weighted by Gasteiger charge is -2.00. The monoisotopic (exact) mass is 388 g/mol. The molecule has 0 saturated heterocycles. The van der Waals surface area contributed by atoms with Crippen molar-refractivity contribution in [2.45, 2.75) is 6.92 Å². The highest BCUT2D eigenvalue weighted by molar-refractivity contribution is 7.22. The molecule has 0 bridgehead atoms. The highest BCUT2D eigenvalue weighted by atomic mass is 32.1. The van der Waals surface area contributed by atoms with Gasteiger partial charge in [0, 0.05) is 33.9 Å². The van der Waals surface area contributed by atoms with Gasteiger partial charge in [-0.3, -0.25) is 4.98 Å². The second-order valence-electron chi connectivity index (χ2n) is 6.43. The van der Waals surface area contributed by atoms with Crippen molar-refractivity contribution in [2.75, 3.05) is 7.11 Å². The number of hydrogen-bond donors (Lipinski definition) is 0. The zero-order valence-electron chi connectivity index (χ0n) is 14.9. The van der Waals surface area contributed by atoms with Gasteiger partial charge in [-0.05, 0) is 47.0 Å². The Balaban J connectivity index is 1.50. The summed E-state index contributed by atoms with van der Waals surface area (Å²) in [4.78, 5) is 11.2. The maximum Gasteiger partial charge on any atom is 0.213 e. The number of rotatable bonds is 3. The molecule has 3 nitrogen and oxygen atoms in total. The molecule has 5 aromatic rings. The van der Waals surface area contributed by atoms with E-state index in [2.05, 4.69) is 52.4 Å². The summed E-state index contributed by atoms with van der Waals surface area (Å²) in [6.07, 6.45) is 3.84. The molecule has 0 saturated carbocycles. The molecule has 5 rings (SSSR count). The standard InChI is InChI=1S/C22H16N2OS2/c1-13-7-16-8-18(26-20(16)11-23-13)14-3-5-15(6-4-14)19-9-17-10-22(25-2)24-12-21(17)27-19/h3-12H,1-2H3. The summed E-state index contributed by atoms with van der Waals surface area (Å²) in [5.41, 5.74) is 3.51. The van der Waals surface area contributed by atoms with Crippen molar-refractivity contribution < 1.29 is 4.74 Å². The minimum Gasteiger partial charge on any atom is -0.481 e. The normalized spacial score (nSPS) is 11.3. The van der Waals surface area contributed by atoms with E-state index < -0.39 is 0 Å². The van der Waals surface area contributed by atoms with Crippen LogP contribution in [-0.4, -0.2) is 17.1 Å². The van der Waals surface area contributed by atoms with Crippen LogP contribution in [0.2, 0.25) is 0 Å². The van der Waals surface area contributed by atoms with E-state index in [1.165, 1.54) is 41.1 Å². The van der Waals surface area contributed by atoms with Gasteiger partial charge in [0.05, 0.1) is 16.5 Å². The van der Waals surface area contributed by atoms with Gasteiger partial charge in [-0.1, -0.05) is 24.3 Å². The Hall–Kier alpha value is -2.76. The maximum absolute atomic E-state index is 5.22. The average Bonchev–Trinajstić information content (AvgIpc) is 3.31. The van der Waals surface area contributed by atoms with Gasteiger partial charge in [0.25, 0.3) is 0 Å². The smallest absolute Gasteiger partial charge is 0.213 e. The second-order valence-corrected chi connectivity index (χ2v) is 8.59. The number of aromatic nitrogens is 2. The third-order valence-corrected chi connectivity index (χ3v) is 6.85. The first-order valence-corrected chi connectivity index (χ1v) is 10.2. The molecule has 1 aromatic carbocycles. The van der Waals surface area contributed by atoms with Crippen LogP contribution in [0.3, 0.4) is 0 Å². The Kier molecular flexibility index (Phi) is 3.92. The summed E-state index contributed by atoms with van der Waals surface area (Å²) in [6, 6.07) is 17.4. The van der Waals surface area contributed by atoms with Gasteiger partial charge in [0.2, 0.25) is 5.88 Å². The highest BCUT2D eigenvalue weighted by Crippen LogP contribution is 2.37. The second kappa shape index (κ2) is 6.44. The van der Waals surface area contributed by atoms with Crippen molar-refractivity contribution >= 4 is 42.8 Å². The third-order valence-electron chi connectivity index (χ3n) is 4.58. The molecular formula is C22H16N2OS2. The van der Waals surface area contributed by atoms with Gasteiger partial charge in [0.15, 0.2) is 0 Å². The van der Waals surface area contributed by atoms with Gasteiger partial charge in [-0.2, -0.15) is 0 Å². The predicted molar refractivity (Wildman–Crippen MR) is 115 cm³/mol. The Morgan fingerprint density at radius 1 is 0.741 bits per heavy atom. The van der Waals surface area contributed by atoms with Gasteiger partial charge in [-0.25, -0.2) is 4.98 Å². The first kappa shape index (κ1) is 16.4. The Bertz CT molecular complexity index is 1270. The van der Waals surface area contributed by atoms with Crippen molar-refractivity contribution in [3.63, 3.8) is 0 Å². The number of fused-ring (bicyclic) bond motifs is 2. The summed E-state index contributed by atoms with van der Waals surface area (Å²) in [7, 11) is 1.64. The van der Waals surface area contributed by atoms with Crippen LogP contribution < -0.4 is 4.74 Å². The zero-order valence-corrected chi connectivity index (χ0v) is 16.5. The van der Waals surface area contributed by atoms with Gasteiger partial charge in [-0.15, -0.1) is 22.7 Å². The molecule has 0 aliphatic carbocycles. The maximum atomic E-state index is 5.22. The van der Waals surface area contributed by atoms with Crippen LogP contribution in [0, 0.1) is 6.92 Å². The van der Waals surface area contributed by atoms with Crippen LogP contribution >= 0.6 is 22.7 Å². The zero-order chi connectivity index (χ0) is 18.4. The lowest BCUT2D eigenvalue weighted by atomic mass is 10.1. The lowest BCUT2D eigenvalue weighted by molar-refractivity contribution is 0.399. The SMILES string of the molecule is COc1cc2cc(-c3ccc(-c4cc5cc(C)ncc5s4)cc3)sc2cn1. The summed E-state index contributed by atoms with van der Waals surface area (Å²) in [5, 5.41) is 2.43. The van der Waals surface area contributed by atoms with Crippen molar-refractivity contribution in [2.24, 2.45) is 0 Å². The van der Waals surface area contributed by atoms with E-state index in [1.807, 2.05) is 25.4 Å². The number of methoxy groups -OCH3 is 1. The fourth-order valence-electron chi connectivity index (χ4n) is 3.18. The van der Waals surface area contributed by atoms with Crippen LogP contribution in [-0.2, 0) is 0 Å². The van der Waals surface area contributed by atoms with Crippen LogP contribution in [0.4, 0.5) is 0 Å². The molecule has 27 heavy (non-hydrogen) atoms. The van der Waals surface area contributed by atoms with Gasteiger partial charge >= 0.3 is 0 Å². The van der Waals surface area contributed by atoms with Crippen LogP contribution in [0.5, 0.6) is 5.88 Å². The largest absolute Gasteiger partial charge is 0.481 e.